The minimum atomic E-state index is -4.19. The van der Waals surface area contributed by atoms with Gasteiger partial charge in [-0.2, -0.15) is 18.2 Å². The summed E-state index contributed by atoms with van der Waals surface area (Å²) in [5, 5.41) is 6.91. The van der Waals surface area contributed by atoms with Crippen LogP contribution in [0.25, 0.3) is 0 Å². The van der Waals surface area contributed by atoms with Gasteiger partial charge in [0, 0.05) is 39.1 Å². The Labute approximate surface area is 145 Å². The van der Waals surface area contributed by atoms with Crippen molar-refractivity contribution in [2.24, 2.45) is 4.99 Å². The summed E-state index contributed by atoms with van der Waals surface area (Å²) in [5.41, 5.74) is 0. The zero-order chi connectivity index (χ0) is 18.4. The Kier molecular flexibility index (Phi) is 6.63. The second-order valence-electron chi connectivity index (χ2n) is 5.96. The molecule has 0 saturated carbocycles. The van der Waals surface area contributed by atoms with Gasteiger partial charge >= 0.3 is 6.18 Å². The van der Waals surface area contributed by atoms with Crippen molar-refractivity contribution in [3.8, 4) is 0 Å². The van der Waals surface area contributed by atoms with Gasteiger partial charge < -0.3 is 14.7 Å². The molecule has 1 aliphatic heterocycles. The summed E-state index contributed by atoms with van der Waals surface area (Å²) in [7, 11) is 0. The first-order chi connectivity index (χ1) is 11.8. The minimum Gasteiger partial charge on any atom is -0.357 e. The summed E-state index contributed by atoms with van der Waals surface area (Å²) >= 11 is 0. The number of nitrogens with one attached hydrogen (secondary N) is 1. The highest BCUT2D eigenvalue weighted by molar-refractivity contribution is 5.80. The van der Waals surface area contributed by atoms with E-state index in [9.17, 15) is 13.2 Å². The summed E-state index contributed by atoms with van der Waals surface area (Å²) in [6.07, 6.45) is -3.66. The van der Waals surface area contributed by atoms with Crippen LogP contribution in [0.2, 0.25) is 0 Å². The molecule has 0 spiro atoms. The van der Waals surface area contributed by atoms with Gasteiger partial charge in [-0.05, 0) is 20.8 Å². The van der Waals surface area contributed by atoms with Crippen molar-refractivity contribution in [2.75, 3.05) is 39.3 Å². The Morgan fingerprint density at radius 2 is 2.00 bits per heavy atom. The van der Waals surface area contributed by atoms with E-state index in [0.29, 0.717) is 63.4 Å². The highest BCUT2D eigenvalue weighted by Crippen LogP contribution is 2.25. The number of guanidine groups is 1. The molecule has 1 aromatic heterocycles. The van der Waals surface area contributed by atoms with Crippen molar-refractivity contribution in [1.29, 1.82) is 0 Å². The fourth-order valence-corrected chi connectivity index (χ4v) is 2.65. The fourth-order valence-electron chi connectivity index (χ4n) is 2.65. The minimum absolute atomic E-state index is 0.355. The lowest BCUT2D eigenvalue weighted by Gasteiger charge is -2.39. The first-order valence-electron chi connectivity index (χ1n) is 8.44. The van der Waals surface area contributed by atoms with Gasteiger partial charge in [-0.1, -0.05) is 5.16 Å². The molecule has 1 N–H and O–H groups in total. The highest BCUT2D eigenvalue weighted by atomic mass is 19.4. The van der Waals surface area contributed by atoms with Crippen LogP contribution in [0, 0.1) is 6.92 Å². The SMILES string of the molecule is CCNC(=NCCc1nc(C)no1)N1CCN(C(C)C(F)(F)F)CC1. The van der Waals surface area contributed by atoms with Crippen molar-refractivity contribution in [1.82, 2.24) is 25.3 Å². The molecule has 2 heterocycles. The van der Waals surface area contributed by atoms with Crippen LogP contribution in [0.5, 0.6) is 0 Å². The third kappa shape index (κ3) is 5.58. The molecule has 0 radical (unpaired) electrons. The monoisotopic (exact) mass is 362 g/mol. The topological polar surface area (TPSA) is 69.8 Å². The summed E-state index contributed by atoms with van der Waals surface area (Å²) in [6.45, 7) is 7.81. The summed E-state index contributed by atoms with van der Waals surface area (Å²) in [5.74, 6) is 1.82. The molecule has 1 saturated heterocycles. The van der Waals surface area contributed by atoms with Crippen molar-refractivity contribution in [2.45, 2.75) is 39.4 Å². The first-order valence-corrected chi connectivity index (χ1v) is 8.44. The van der Waals surface area contributed by atoms with Crippen molar-refractivity contribution < 1.29 is 17.7 Å². The molecule has 0 aromatic carbocycles. The maximum Gasteiger partial charge on any atom is 0.403 e. The third-order valence-electron chi connectivity index (χ3n) is 4.13. The van der Waals surface area contributed by atoms with Gasteiger partial charge in [0.15, 0.2) is 11.8 Å². The van der Waals surface area contributed by atoms with Crippen molar-refractivity contribution >= 4 is 5.96 Å². The first kappa shape index (κ1) is 19.5. The molecule has 142 valence electrons. The molecule has 0 amide bonds. The van der Waals surface area contributed by atoms with E-state index >= 15 is 0 Å². The average molecular weight is 362 g/mol. The molecular formula is C15H25F3N6O. The number of aliphatic imine (C=N–C) groups is 1. The van der Waals surface area contributed by atoms with Crippen LogP contribution >= 0.6 is 0 Å². The molecule has 1 atom stereocenters. The van der Waals surface area contributed by atoms with Crippen LogP contribution in [0.4, 0.5) is 13.2 Å². The molecule has 25 heavy (non-hydrogen) atoms. The second kappa shape index (κ2) is 8.50. The predicted molar refractivity (Wildman–Crippen MR) is 87.4 cm³/mol. The van der Waals surface area contributed by atoms with Gasteiger partial charge in [-0.15, -0.1) is 0 Å². The van der Waals surface area contributed by atoms with E-state index in [1.165, 1.54) is 11.8 Å². The van der Waals surface area contributed by atoms with Crippen molar-refractivity contribution in [3.05, 3.63) is 11.7 Å². The van der Waals surface area contributed by atoms with E-state index < -0.39 is 12.2 Å². The molecule has 1 aliphatic rings. The van der Waals surface area contributed by atoms with Gasteiger partial charge in [-0.25, -0.2) is 0 Å². The number of aromatic nitrogens is 2. The summed E-state index contributed by atoms with van der Waals surface area (Å²) in [6, 6.07) is -1.42. The molecule has 10 heteroatoms. The van der Waals surface area contributed by atoms with E-state index in [1.807, 2.05) is 11.8 Å². The van der Waals surface area contributed by atoms with Crippen LogP contribution in [0.3, 0.4) is 0 Å². The zero-order valence-electron chi connectivity index (χ0n) is 14.8. The van der Waals surface area contributed by atoms with Crippen LogP contribution < -0.4 is 5.32 Å². The van der Waals surface area contributed by atoms with Gasteiger partial charge in [0.2, 0.25) is 5.89 Å². The lowest BCUT2D eigenvalue weighted by molar-refractivity contribution is -0.181. The van der Waals surface area contributed by atoms with E-state index in [4.69, 9.17) is 4.52 Å². The summed E-state index contributed by atoms with van der Waals surface area (Å²) in [4.78, 5) is 12.1. The van der Waals surface area contributed by atoms with Gasteiger partial charge in [0.1, 0.15) is 6.04 Å². The van der Waals surface area contributed by atoms with Gasteiger partial charge in [0.25, 0.3) is 0 Å². The van der Waals surface area contributed by atoms with Crippen LogP contribution in [-0.2, 0) is 6.42 Å². The average Bonchev–Trinajstić information content (AvgIpc) is 2.98. The van der Waals surface area contributed by atoms with Gasteiger partial charge in [-0.3, -0.25) is 9.89 Å². The standard InChI is InChI=1S/C15H25F3N6O/c1-4-19-14(20-6-5-13-21-12(3)22-25-13)24-9-7-23(8-10-24)11(2)15(16,17)18/h11H,4-10H2,1-3H3,(H,19,20). The zero-order valence-corrected chi connectivity index (χ0v) is 14.8. The van der Waals surface area contributed by atoms with Crippen LogP contribution in [0.1, 0.15) is 25.6 Å². The number of rotatable bonds is 5. The Morgan fingerprint density at radius 3 is 2.52 bits per heavy atom. The number of aryl methyl sites for hydroxylation is 1. The smallest absolute Gasteiger partial charge is 0.357 e. The fraction of sp³-hybridized carbons (Fsp3) is 0.800. The van der Waals surface area contributed by atoms with E-state index in [-0.39, 0.29) is 0 Å². The third-order valence-corrected chi connectivity index (χ3v) is 4.13. The Morgan fingerprint density at radius 1 is 1.32 bits per heavy atom. The van der Waals surface area contributed by atoms with Crippen LogP contribution in [0.15, 0.2) is 9.52 Å². The second-order valence-corrected chi connectivity index (χ2v) is 5.96. The predicted octanol–water partition coefficient (Wildman–Crippen LogP) is 1.45. The maximum absolute atomic E-state index is 12.8. The molecule has 2 rings (SSSR count). The van der Waals surface area contributed by atoms with Crippen LogP contribution in [-0.4, -0.2) is 77.4 Å². The Hall–Kier alpha value is -1.84. The number of hydrogen-bond acceptors (Lipinski definition) is 5. The number of halogens is 3. The lowest BCUT2D eigenvalue weighted by Crippen LogP contribution is -2.56. The highest BCUT2D eigenvalue weighted by Gasteiger charge is 2.41. The molecule has 1 unspecified atom stereocenters. The molecule has 7 nitrogen and oxygen atoms in total. The molecular weight excluding hydrogens is 337 g/mol. The van der Waals surface area contributed by atoms with E-state index in [0.717, 1.165) is 0 Å². The maximum atomic E-state index is 12.8. The largest absolute Gasteiger partial charge is 0.403 e. The number of nitrogens with zero attached hydrogens (tertiary/aromatic N) is 5. The Bertz CT molecular complexity index is 566. The number of alkyl halides is 3. The van der Waals surface area contributed by atoms with E-state index in [2.05, 4.69) is 20.4 Å². The number of hydrogen-bond donors (Lipinski definition) is 1. The van der Waals surface area contributed by atoms with E-state index in [1.54, 1.807) is 6.92 Å². The molecule has 0 aliphatic carbocycles. The number of piperazine rings is 1. The Balaban J connectivity index is 1.89. The summed E-state index contributed by atoms with van der Waals surface area (Å²) < 4.78 is 43.5. The normalized spacial score (nSPS) is 18.5. The molecule has 1 aromatic rings. The lowest BCUT2D eigenvalue weighted by atomic mass is 10.2. The molecule has 0 bridgehead atoms. The van der Waals surface area contributed by atoms with Gasteiger partial charge in [0.05, 0.1) is 6.54 Å². The quantitative estimate of drug-likeness (QED) is 0.632. The molecule has 1 fully saturated rings. The van der Waals surface area contributed by atoms with Crippen molar-refractivity contribution in [3.63, 3.8) is 0 Å².